The van der Waals surface area contributed by atoms with Gasteiger partial charge in [-0.3, -0.25) is 9.59 Å². The van der Waals surface area contributed by atoms with E-state index in [1.807, 2.05) is 0 Å². The Hall–Kier alpha value is -1.91. The summed E-state index contributed by atoms with van der Waals surface area (Å²) in [5.74, 6) is -1.95. The number of hydrogen-bond acceptors (Lipinski definition) is 2. The van der Waals surface area contributed by atoms with E-state index >= 15 is 0 Å². The summed E-state index contributed by atoms with van der Waals surface area (Å²) >= 11 is 0. The van der Waals surface area contributed by atoms with Crippen molar-refractivity contribution in [1.82, 2.24) is 0 Å². The van der Waals surface area contributed by atoms with E-state index in [0.717, 1.165) is 0 Å². The summed E-state index contributed by atoms with van der Waals surface area (Å²) in [6.07, 6.45) is 0.262. The van der Waals surface area contributed by atoms with Crippen molar-refractivity contribution in [2.24, 2.45) is 5.41 Å². The van der Waals surface area contributed by atoms with Gasteiger partial charge < -0.3 is 10.0 Å². The van der Waals surface area contributed by atoms with Crippen molar-refractivity contribution < 1.29 is 19.1 Å². The minimum atomic E-state index is -1.37. The average Bonchev–Trinajstić information content (AvgIpc) is 2.59. The van der Waals surface area contributed by atoms with E-state index in [0.29, 0.717) is 12.2 Å². The average molecular weight is 237 g/mol. The van der Waals surface area contributed by atoms with Gasteiger partial charge in [0, 0.05) is 12.2 Å². The van der Waals surface area contributed by atoms with Gasteiger partial charge in [0.25, 0.3) is 0 Å². The second-order valence-electron chi connectivity index (χ2n) is 4.32. The van der Waals surface area contributed by atoms with Crippen molar-refractivity contribution >= 4 is 17.6 Å². The molecule has 0 aliphatic carbocycles. The van der Waals surface area contributed by atoms with Crippen LogP contribution in [0.25, 0.3) is 0 Å². The van der Waals surface area contributed by atoms with Crippen LogP contribution in [-0.4, -0.2) is 23.5 Å². The molecule has 1 aromatic carbocycles. The van der Waals surface area contributed by atoms with Crippen LogP contribution in [0.1, 0.15) is 13.3 Å². The number of benzene rings is 1. The van der Waals surface area contributed by atoms with Crippen LogP contribution in [0, 0.1) is 11.2 Å². The van der Waals surface area contributed by atoms with Gasteiger partial charge in [-0.25, -0.2) is 4.39 Å². The molecule has 2 rings (SSSR count). The fourth-order valence-electron chi connectivity index (χ4n) is 1.91. The normalized spacial score (nSPS) is 24.1. The number of nitrogens with zero attached hydrogens (tertiary/aromatic N) is 1. The molecule has 4 nitrogen and oxygen atoms in total. The highest BCUT2D eigenvalue weighted by atomic mass is 19.1. The molecule has 1 N–H and O–H groups in total. The Labute approximate surface area is 97.7 Å². The van der Waals surface area contributed by atoms with Crippen molar-refractivity contribution in [2.75, 3.05) is 11.4 Å². The largest absolute Gasteiger partial charge is 0.480 e. The zero-order valence-corrected chi connectivity index (χ0v) is 9.31. The predicted octanol–water partition coefficient (Wildman–Crippen LogP) is 1.65. The van der Waals surface area contributed by atoms with Crippen LogP contribution < -0.4 is 4.90 Å². The van der Waals surface area contributed by atoms with Gasteiger partial charge in [0.15, 0.2) is 0 Å². The maximum absolute atomic E-state index is 12.8. The van der Waals surface area contributed by atoms with Crippen molar-refractivity contribution in [3.05, 3.63) is 30.1 Å². The number of carboxylic acid groups (broad SMARTS) is 1. The monoisotopic (exact) mass is 237 g/mol. The Kier molecular flexibility index (Phi) is 2.61. The Morgan fingerprint density at radius 2 is 2.00 bits per heavy atom. The third kappa shape index (κ3) is 1.77. The highest BCUT2D eigenvalue weighted by Gasteiger charge is 2.49. The topological polar surface area (TPSA) is 57.6 Å². The lowest BCUT2D eigenvalue weighted by molar-refractivity contribution is -0.151. The maximum Gasteiger partial charge on any atom is 0.319 e. The van der Waals surface area contributed by atoms with Gasteiger partial charge >= 0.3 is 5.97 Å². The number of hydrogen-bond donors (Lipinski definition) is 1. The molecule has 0 saturated carbocycles. The fraction of sp³-hybridized carbons (Fsp3) is 0.333. The second-order valence-corrected chi connectivity index (χ2v) is 4.32. The second kappa shape index (κ2) is 3.84. The SMILES string of the molecule is C[C@@]1(C(=O)O)CCN(c2ccc(F)cc2)C1=O. The van der Waals surface area contributed by atoms with Crippen LogP contribution in [0.2, 0.25) is 0 Å². The third-order valence-corrected chi connectivity index (χ3v) is 3.16. The van der Waals surface area contributed by atoms with Gasteiger partial charge in [-0.05, 0) is 37.6 Å². The molecule has 1 aliphatic rings. The minimum Gasteiger partial charge on any atom is -0.480 e. The summed E-state index contributed by atoms with van der Waals surface area (Å²) in [7, 11) is 0. The van der Waals surface area contributed by atoms with Crippen molar-refractivity contribution in [1.29, 1.82) is 0 Å². The molecule has 0 bridgehead atoms. The molecule has 1 aliphatic heterocycles. The molecule has 0 radical (unpaired) electrons. The molecule has 17 heavy (non-hydrogen) atoms. The molecule has 0 aromatic heterocycles. The Morgan fingerprint density at radius 1 is 1.41 bits per heavy atom. The van der Waals surface area contributed by atoms with Gasteiger partial charge in [0.1, 0.15) is 11.2 Å². The van der Waals surface area contributed by atoms with Crippen LogP contribution in [-0.2, 0) is 9.59 Å². The van der Waals surface area contributed by atoms with Crippen LogP contribution in [0.3, 0.4) is 0 Å². The van der Waals surface area contributed by atoms with Crippen LogP contribution >= 0.6 is 0 Å². The molecule has 1 fully saturated rings. The molecule has 1 atom stereocenters. The molecule has 90 valence electrons. The van der Waals surface area contributed by atoms with E-state index in [2.05, 4.69) is 0 Å². The highest BCUT2D eigenvalue weighted by Crippen LogP contribution is 2.34. The Balaban J connectivity index is 2.29. The lowest BCUT2D eigenvalue weighted by Gasteiger charge is -2.19. The van der Waals surface area contributed by atoms with E-state index in [9.17, 15) is 14.0 Å². The molecule has 1 saturated heterocycles. The summed E-state index contributed by atoms with van der Waals surface area (Å²) in [5.41, 5.74) is -0.838. The van der Waals surface area contributed by atoms with Crippen molar-refractivity contribution in [3.8, 4) is 0 Å². The van der Waals surface area contributed by atoms with Crippen molar-refractivity contribution in [2.45, 2.75) is 13.3 Å². The van der Waals surface area contributed by atoms with E-state index in [4.69, 9.17) is 5.11 Å². The molecule has 1 amide bonds. The molecule has 1 heterocycles. The first-order valence-corrected chi connectivity index (χ1v) is 5.26. The number of aliphatic carboxylic acids is 1. The van der Waals surface area contributed by atoms with Gasteiger partial charge in [-0.15, -0.1) is 0 Å². The number of rotatable bonds is 2. The first-order valence-electron chi connectivity index (χ1n) is 5.26. The highest BCUT2D eigenvalue weighted by molar-refractivity contribution is 6.11. The minimum absolute atomic E-state index is 0.262. The third-order valence-electron chi connectivity index (χ3n) is 3.16. The standard InChI is InChI=1S/C12H12FNO3/c1-12(11(16)17)6-7-14(10(12)15)9-4-2-8(13)3-5-9/h2-5H,6-7H2,1H3,(H,16,17)/t12-/m1/s1. The summed E-state index contributed by atoms with van der Waals surface area (Å²) in [6.45, 7) is 1.76. The first kappa shape index (κ1) is 11.6. The number of halogens is 1. The van der Waals surface area contributed by atoms with E-state index in [1.165, 1.54) is 36.1 Å². The van der Waals surface area contributed by atoms with Crippen molar-refractivity contribution in [3.63, 3.8) is 0 Å². The summed E-state index contributed by atoms with van der Waals surface area (Å²) in [6, 6.07) is 5.44. The van der Waals surface area contributed by atoms with Crippen LogP contribution in [0.15, 0.2) is 24.3 Å². The van der Waals surface area contributed by atoms with Crippen LogP contribution in [0.4, 0.5) is 10.1 Å². The molecule has 0 spiro atoms. The number of carbonyl (C=O) groups is 2. The van der Waals surface area contributed by atoms with Gasteiger partial charge in [0.05, 0.1) is 0 Å². The number of carboxylic acids is 1. The zero-order valence-electron chi connectivity index (χ0n) is 9.31. The molecule has 0 unspecified atom stereocenters. The summed E-state index contributed by atoms with van der Waals surface area (Å²) < 4.78 is 12.8. The lowest BCUT2D eigenvalue weighted by atomic mass is 9.89. The van der Waals surface area contributed by atoms with Gasteiger partial charge in [-0.1, -0.05) is 0 Å². The van der Waals surface area contributed by atoms with Gasteiger partial charge in [-0.2, -0.15) is 0 Å². The van der Waals surface area contributed by atoms with E-state index < -0.39 is 17.3 Å². The van der Waals surface area contributed by atoms with E-state index in [-0.39, 0.29) is 12.2 Å². The predicted molar refractivity (Wildman–Crippen MR) is 59.1 cm³/mol. The summed E-state index contributed by atoms with van der Waals surface area (Å²) in [4.78, 5) is 24.4. The quantitative estimate of drug-likeness (QED) is 0.796. The molecular weight excluding hydrogens is 225 g/mol. The number of carbonyl (C=O) groups excluding carboxylic acids is 1. The molecule has 1 aromatic rings. The maximum atomic E-state index is 12.8. The summed E-state index contributed by atoms with van der Waals surface area (Å²) in [5, 5.41) is 9.04. The van der Waals surface area contributed by atoms with Gasteiger partial charge in [0.2, 0.25) is 5.91 Å². The van der Waals surface area contributed by atoms with Crippen LogP contribution in [0.5, 0.6) is 0 Å². The molecular formula is C12H12FNO3. The Morgan fingerprint density at radius 3 is 2.47 bits per heavy atom. The number of amides is 1. The zero-order chi connectivity index (χ0) is 12.6. The van der Waals surface area contributed by atoms with E-state index in [1.54, 1.807) is 0 Å². The smallest absolute Gasteiger partial charge is 0.319 e. The number of anilines is 1. The molecule has 5 heteroatoms. The Bertz CT molecular complexity index is 471. The fourth-order valence-corrected chi connectivity index (χ4v) is 1.91. The first-order chi connectivity index (χ1) is 7.95. The lowest BCUT2D eigenvalue weighted by Crippen LogP contribution is -2.38.